The summed E-state index contributed by atoms with van der Waals surface area (Å²) in [6.07, 6.45) is 0.805. The Morgan fingerprint density at radius 2 is 1.71 bits per heavy atom. The van der Waals surface area contributed by atoms with Crippen LogP contribution in [0, 0.1) is 6.92 Å². The molecule has 3 aromatic carbocycles. The third-order valence-corrected chi connectivity index (χ3v) is 5.62. The van der Waals surface area contributed by atoms with Crippen molar-refractivity contribution < 1.29 is 9.47 Å². The molecule has 31 heavy (non-hydrogen) atoms. The molecule has 0 atom stereocenters. The molecule has 0 spiro atoms. The molecule has 3 nitrogen and oxygen atoms in total. The highest BCUT2D eigenvalue weighted by Gasteiger charge is 2.13. The summed E-state index contributed by atoms with van der Waals surface area (Å²) in [6.45, 7) is 6.39. The van der Waals surface area contributed by atoms with Crippen molar-refractivity contribution in [2.75, 3.05) is 13.2 Å². The Morgan fingerprint density at radius 1 is 0.871 bits per heavy atom. The zero-order valence-corrected chi connectivity index (χ0v) is 19.9. The minimum Gasteiger partial charge on any atom is -0.490 e. The number of ether oxygens (including phenoxy) is 2. The van der Waals surface area contributed by atoms with Gasteiger partial charge in [-0.05, 0) is 67.8 Å². The van der Waals surface area contributed by atoms with E-state index >= 15 is 0 Å². The molecule has 0 aromatic heterocycles. The SMILES string of the molecule is CCOc1cc(CNCCc2ccc(Cl)cc2Cl)cc(Cl)c1OCc1cccc(C)c1. The van der Waals surface area contributed by atoms with Gasteiger partial charge in [-0.2, -0.15) is 0 Å². The first-order valence-electron chi connectivity index (χ1n) is 10.2. The van der Waals surface area contributed by atoms with Gasteiger partial charge in [-0.3, -0.25) is 0 Å². The lowest BCUT2D eigenvalue weighted by molar-refractivity contribution is 0.269. The van der Waals surface area contributed by atoms with E-state index < -0.39 is 0 Å². The molecule has 3 rings (SSSR count). The molecule has 0 aliphatic rings. The molecule has 6 heteroatoms. The summed E-state index contributed by atoms with van der Waals surface area (Å²) >= 11 is 18.7. The van der Waals surface area contributed by atoms with Crippen molar-refractivity contribution in [3.8, 4) is 11.5 Å². The van der Waals surface area contributed by atoms with Crippen LogP contribution in [0.15, 0.2) is 54.6 Å². The molecule has 1 N–H and O–H groups in total. The number of hydrogen-bond acceptors (Lipinski definition) is 3. The lowest BCUT2D eigenvalue weighted by Gasteiger charge is -2.16. The Balaban J connectivity index is 1.62. The van der Waals surface area contributed by atoms with Gasteiger partial charge in [0.05, 0.1) is 11.6 Å². The van der Waals surface area contributed by atoms with Crippen LogP contribution in [0.5, 0.6) is 11.5 Å². The highest BCUT2D eigenvalue weighted by atomic mass is 35.5. The summed E-state index contributed by atoms with van der Waals surface area (Å²) in [7, 11) is 0. The highest BCUT2D eigenvalue weighted by Crippen LogP contribution is 2.37. The predicted octanol–water partition coefficient (Wildman–Crippen LogP) is 7.27. The topological polar surface area (TPSA) is 30.5 Å². The fourth-order valence-corrected chi connectivity index (χ4v) is 4.05. The van der Waals surface area contributed by atoms with Gasteiger partial charge >= 0.3 is 0 Å². The molecular weight excluding hydrogens is 453 g/mol. The van der Waals surface area contributed by atoms with Gasteiger partial charge in [-0.15, -0.1) is 0 Å². The molecular formula is C25H26Cl3NO2. The zero-order chi connectivity index (χ0) is 22.2. The van der Waals surface area contributed by atoms with E-state index in [9.17, 15) is 0 Å². The lowest BCUT2D eigenvalue weighted by atomic mass is 10.1. The Hall–Kier alpha value is -1.91. The zero-order valence-electron chi connectivity index (χ0n) is 17.7. The molecule has 164 valence electrons. The first-order chi connectivity index (χ1) is 15.0. The third-order valence-electron chi connectivity index (χ3n) is 4.75. The maximum atomic E-state index is 6.55. The van der Waals surface area contributed by atoms with Gasteiger partial charge < -0.3 is 14.8 Å². The predicted molar refractivity (Wildman–Crippen MR) is 130 cm³/mol. The molecule has 0 radical (unpaired) electrons. The minimum absolute atomic E-state index is 0.431. The van der Waals surface area contributed by atoms with Crippen LogP contribution in [-0.2, 0) is 19.6 Å². The Labute approximate surface area is 199 Å². The standard InChI is InChI=1S/C25H26Cl3NO2/c1-3-30-24-13-19(15-29-10-9-20-7-8-21(26)14-22(20)27)12-23(28)25(24)31-16-18-6-4-5-17(2)11-18/h4-8,11-14,29H,3,9-10,15-16H2,1-2H3. The summed E-state index contributed by atoms with van der Waals surface area (Å²) < 4.78 is 11.8. The number of halogens is 3. The van der Waals surface area contributed by atoms with E-state index in [1.165, 1.54) is 5.56 Å². The van der Waals surface area contributed by atoms with E-state index in [1.807, 2.05) is 43.3 Å². The minimum atomic E-state index is 0.431. The molecule has 0 heterocycles. The van der Waals surface area contributed by atoms with E-state index in [0.29, 0.717) is 46.3 Å². The number of hydrogen-bond donors (Lipinski definition) is 1. The molecule has 3 aromatic rings. The van der Waals surface area contributed by atoms with Gasteiger partial charge in [-0.25, -0.2) is 0 Å². The van der Waals surface area contributed by atoms with Crippen molar-refractivity contribution in [3.63, 3.8) is 0 Å². The molecule has 0 aliphatic heterocycles. The maximum Gasteiger partial charge on any atom is 0.180 e. The van der Waals surface area contributed by atoms with Crippen LogP contribution < -0.4 is 14.8 Å². The van der Waals surface area contributed by atoms with Crippen LogP contribution in [0.3, 0.4) is 0 Å². The molecule has 0 bridgehead atoms. The molecule has 0 fully saturated rings. The Kier molecular flexibility index (Phi) is 8.91. The van der Waals surface area contributed by atoms with Gasteiger partial charge in [0.25, 0.3) is 0 Å². The summed E-state index contributed by atoms with van der Waals surface area (Å²) in [5.41, 5.74) is 4.37. The van der Waals surface area contributed by atoms with Crippen LogP contribution in [0.2, 0.25) is 15.1 Å². The number of rotatable bonds is 10. The largest absolute Gasteiger partial charge is 0.490 e. The number of aryl methyl sites for hydroxylation is 1. The normalized spacial score (nSPS) is 10.9. The van der Waals surface area contributed by atoms with Gasteiger partial charge in [-0.1, -0.05) is 70.7 Å². The lowest BCUT2D eigenvalue weighted by Crippen LogP contribution is -2.17. The van der Waals surface area contributed by atoms with Gasteiger partial charge in [0.15, 0.2) is 11.5 Å². The fourth-order valence-electron chi connectivity index (χ4n) is 3.26. The number of nitrogens with one attached hydrogen (secondary N) is 1. The highest BCUT2D eigenvalue weighted by molar-refractivity contribution is 6.35. The quantitative estimate of drug-likeness (QED) is 0.311. The second-order valence-electron chi connectivity index (χ2n) is 7.28. The fraction of sp³-hybridized carbons (Fsp3) is 0.280. The van der Waals surface area contributed by atoms with E-state index in [2.05, 4.69) is 24.4 Å². The molecule has 0 amide bonds. The van der Waals surface area contributed by atoms with E-state index in [4.69, 9.17) is 44.3 Å². The molecule has 0 saturated carbocycles. The van der Waals surface area contributed by atoms with Crippen LogP contribution in [0.4, 0.5) is 0 Å². The van der Waals surface area contributed by atoms with E-state index in [-0.39, 0.29) is 0 Å². The van der Waals surface area contributed by atoms with Gasteiger partial charge in [0.2, 0.25) is 0 Å². The van der Waals surface area contributed by atoms with Crippen molar-refractivity contribution in [3.05, 3.63) is 91.9 Å². The van der Waals surface area contributed by atoms with E-state index in [1.54, 1.807) is 6.07 Å². The molecule has 0 unspecified atom stereocenters. The summed E-state index contributed by atoms with van der Waals surface area (Å²) in [4.78, 5) is 0. The first-order valence-corrected chi connectivity index (χ1v) is 11.4. The van der Waals surface area contributed by atoms with Crippen molar-refractivity contribution >= 4 is 34.8 Å². The summed E-state index contributed by atoms with van der Waals surface area (Å²) in [5, 5.41) is 5.29. The van der Waals surface area contributed by atoms with Crippen molar-refractivity contribution in [1.29, 1.82) is 0 Å². The Morgan fingerprint density at radius 3 is 2.45 bits per heavy atom. The van der Waals surface area contributed by atoms with Crippen molar-refractivity contribution in [2.24, 2.45) is 0 Å². The maximum absolute atomic E-state index is 6.55. The second kappa shape index (κ2) is 11.6. The second-order valence-corrected chi connectivity index (χ2v) is 8.53. The van der Waals surface area contributed by atoms with Crippen LogP contribution in [-0.4, -0.2) is 13.2 Å². The van der Waals surface area contributed by atoms with Crippen molar-refractivity contribution in [2.45, 2.75) is 33.4 Å². The van der Waals surface area contributed by atoms with Crippen LogP contribution >= 0.6 is 34.8 Å². The van der Waals surface area contributed by atoms with E-state index in [0.717, 1.165) is 29.7 Å². The third kappa shape index (κ3) is 7.05. The number of benzene rings is 3. The van der Waals surface area contributed by atoms with Crippen LogP contribution in [0.25, 0.3) is 0 Å². The summed E-state index contributed by atoms with van der Waals surface area (Å²) in [6, 6.07) is 17.7. The van der Waals surface area contributed by atoms with Crippen molar-refractivity contribution in [1.82, 2.24) is 5.32 Å². The Bertz CT molecular complexity index is 1020. The molecule has 0 saturated heterocycles. The average molecular weight is 479 g/mol. The van der Waals surface area contributed by atoms with Gasteiger partial charge in [0.1, 0.15) is 6.61 Å². The smallest absolute Gasteiger partial charge is 0.180 e. The average Bonchev–Trinajstić information content (AvgIpc) is 2.72. The van der Waals surface area contributed by atoms with Gasteiger partial charge in [0, 0.05) is 16.6 Å². The molecule has 0 aliphatic carbocycles. The summed E-state index contributed by atoms with van der Waals surface area (Å²) in [5.74, 6) is 1.22. The first kappa shape index (κ1) is 23.7. The monoisotopic (exact) mass is 477 g/mol. The van der Waals surface area contributed by atoms with Crippen LogP contribution in [0.1, 0.15) is 29.2 Å².